The molecule has 0 nitrogen and oxygen atoms in total. The van der Waals surface area contributed by atoms with Crippen LogP contribution in [0.4, 0.5) is 0 Å². The average molecular weight is 301 g/mol. The van der Waals surface area contributed by atoms with Gasteiger partial charge in [-0.3, -0.25) is 0 Å². The molecule has 0 aliphatic heterocycles. The Morgan fingerprint density at radius 1 is 0.955 bits per heavy atom. The van der Waals surface area contributed by atoms with Crippen molar-refractivity contribution in [3.05, 3.63) is 47.5 Å². The van der Waals surface area contributed by atoms with Gasteiger partial charge in [-0.25, -0.2) is 0 Å². The fraction of sp³-hybridized carbons (Fsp3) is 0.636. The van der Waals surface area contributed by atoms with E-state index in [9.17, 15) is 0 Å². The summed E-state index contributed by atoms with van der Waals surface area (Å²) in [5.41, 5.74) is 5.12. The van der Waals surface area contributed by atoms with Gasteiger partial charge in [-0.1, -0.05) is 65.8 Å². The molecule has 0 saturated heterocycles. The third kappa shape index (κ3) is 4.73. The van der Waals surface area contributed by atoms with E-state index in [4.69, 9.17) is 0 Å². The predicted octanol–water partition coefficient (Wildman–Crippen LogP) is 6.96. The van der Waals surface area contributed by atoms with Gasteiger partial charge in [-0.05, 0) is 66.0 Å². The van der Waals surface area contributed by atoms with Gasteiger partial charge in [-0.15, -0.1) is 6.58 Å². The predicted molar refractivity (Wildman–Crippen MR) is 101 cm³/mol. The standard InChI is InChI=1S/C22H36/c1-8-11-12-13-14-18-15-16-19(21(4,5)9-2)17-20(18)22(6,7)10-3/h8,15-17H,1,9-14H2,2-7H3. The minimum absolute atomic E-state index is 0.258. The topological polar surface area (TPSA) is 0 Å². The third-order valence-electron chi connectivity index (χ3n) is 5.49. The lowest BCUT2D eigenvalue weighted by atomic mass is 9.74. The van der Waals surface area contributed by atoms with Crippen LogP contribution in [0.3, 0.4) is 0 Å². The van der Waals surface area contributed by atoms with Crippen LogP contribution in [-0.2, 0) is 17.3 Å². The molecule has 0 heterocycles. The fourth-order valence-corrected chi connectivity index (χ4v) is 2.84. The van der Waals surface area contributed by atoms with Crippen molar-refractivity contribution in [2.45, 2.75) is 90.9 Å². The van der Waals surface area contributed by atoms with E-state index in [0.717, 1.165) is 6.42 Å². The number of allylic oxidation sites excluding steroid dienone is 1. The fourth-order valence-electron chi connectivity index (χ4n) is 2.84. The minimum atomic E-state index is 0.258. The van der Waals surface area contributed by atoms with E-state index >= 15 is 0 Å². The molecule has 1 rings (SSSR count). The van der Waals surface area contributed by atoms with Crippen molar-refractivity contribution in [3.63, 3.8) is 0 Å². The van der Waals surface area contributed by atoms with Crippen LogP contribution in [0.5, 0.6) is 0 Å². The molecule has 0 atom stereocenters. The first-order chi connectivity index (χ1) is 10.3. The zero-order chi connectivity index (χ0) is 16.8. The van der Waals surface area contributed by atoms with E-state index < -0.39 is 0 Å². The summed E-state index contributed by atoms with van der Waals surface area (Å²) in [6, 6.07) is 7.25. The highest BCUT2D eigenvalue weighted by molar-refractivity contribution is 5.40. The number of unbranched alkanes of at least 4 members (excludes halogenated alkanes) is 2. The van der Waals surface area contributed by atoms with Gasteiger partial charge in [0, 0.05) is 0 Å². The summed E-state index contributed by atoms with van der Waals surface area (Å²) in [5.74, 6) is 0. The highest BCUT2D eigenvalue weighted by atomic mass is 14.3. The summed E-state index contributed by atoms with van der Waals surface area (Å²) in [5, 5.41) is 0. The lowest BCUT2D eigenvalue weighted by Crippen LogP contribution is -2.22. The number of aryl methyl sites for hydroxylation is 1. The Balaban J connectivity index is 3.13. The summed E-state index contributed by atoms with van der Waals surface area (Å²) in [6.45, 7) is 17.9. The molecule has 0 fully saturated rings. The summed E-state index contributed by atoms with van der Waals surface area (Å²) < 4.78 is 0. The molecular formula is C22H36. The van der Waals surface area contributed by atoms with Crippen LogP contribution in [0.15, 0.2) is 30.9 Å². The van der Waals surface area contributed by atoms with Crippen LogP contribution in [-0.4, -0.2) is 0 Å². The minimum Gasteiger partial charge on any atom is -0.103 e. The van der Waals surface area contributed by atoms with Crippen molar-refractivity contribution < 1.29 is 0 Å². The van der Waals surface area contributed by atoms with Crippen LogP contribution in [0, 0.1) is 0 Å². The maximum Gasteiger partial charge on any atom is -0.0103 e. The maximum atomic E-state index is 3.82. The Hall–Kier alpha value is -1.04. The molecule has 1 aromatic rings. The van der Waals surface area contributed by atoms with Crippen molar-refractivity contribution in [1.29, 1.82) is 0 Å². The lowest BCUT2D eigenvalue weighted by Gasteiger charge is -2.31. The maximum absolute atomic E-state index is 3.82. The van der Waals surface area contributed by atoms with Crippen molar-refractivity contribution in [2.75, 3.05) is 0 Å². The zero-order valence-electron chi connectivity index (χ0n) is 15.8. The Morgan fingerprint density at radius 2 is 1.59 bits per heavy atom. The Labute approximate surface area is 139 Å². The van der Waals surface area contributed by atoms with Crippen LogP contribution < -0.4 is 0 Å². The van der Waals surface area contributed by atoms with Gasteiger partial charge in [0.2, 0.25) is 0 Å². The van der Waals surface area contributed by atoms with Gasteiger partial charge in [0.05, 0.1) is 0 Å². The largest absolute Gasteiger partial charge is 0.103 e. The smallest absolute Gasteiger partial charge is 0.0103 e. The number of hydrogen-bond donors (Lipinski definition) is 0. The normalized spacial score (nSPS) is 12.5. The summed E-state index contributed by atoms with van der Waals surface area (Å²) >= 11 is 0. The lowest BCUT2D eigenvalue weighted by molar-refractivity contribution is 0.484. The Morgan fingerprint density at radius 3 is 2.14 bits per heavy atom. The van der Waals surface area contributed by atoms with Gasteiger partial charge >= 0.3 is 0 Å². The van der Waals surface area contributed by atoms with Crippen LogP contribution in [0.1, 0.15) is 90.3 Å². The third-order valence-corrected chi connectivity index (χ3v) is 5.49. The summed E-state index contributed by atoms with van der Waals surface area (Å²) in [4.78, 5) is 0. The molecule has 0 bridgehead atoms. The Kier molecular flexibility index (Phi) is 6.91. The molecule has 1 aromatic carbocycles. The molecular weight excluding hydrogens is 264 g/mol. The molecule has 0 aromatic heterocycles. The number of rotatable bonds is 9. The quantitative estimate of drug-likeness (QED) is 0.341. The molecule has 0 spiro atoms. The van der Waals surface area contributed by atoms with E-state index in [-0.39, 0.29) is 10.8 Å². The van der Waals surface area contributed by atoms with Crippen molar-refractivity contribution >= 4 is 0 Å². The van der Waals surface area contributed by atoms with Gasteiger partial charge in [0.15, 0.2) is 0 Å². The zero-order valence-corrected chi connectivity index (χ0v) is 15.8. The van der Waals surface area contributed by atoms with Gasteiger partial charge in [0.25, 0.3) is 0 Å². The molecule has 0 N–H and O–H groups in total. The first-order valence-electron chi connectivity index (χ1n) is 9.03. The molecule has 124 valence electrons. The molecule has 22 heavy (non-hydrogen) atoms. The second-order valence-electron chi connectivity index (χ2n) is 7.88. The SMILES string of the molecule is C=CCCCCc1ccc(C(C)(C)CC)cc1C(C)(C)CC. The summed E-state index contributed by atoms with van der Waals surface area (Å²) in [7, 11) is 0. The highest BCUT2D eigenvalue weighted by Gasteiger charge is 2.25. The van der Waals surface area contributed by atoms with Gasteiger partial charge in [-0.2, -0.15) is 0 Å². The molecule has 0 aliphatic carbocycles. The van der Waals surface area contributed by atoms with E-state index in [2.05, 4.69) is 66.3 Å². The van der Waals surface area contributed by atoms with Crippen molar-refractivity contribution in [1.82, 2.24) is 0 Å². The first kappa shape index (κ1) is 19.0. The van der Waals surface area contributed by atoms with E-state index in [1.54, 1.807) is 11.1 Å². The van der Waals surface area contributed by atoms with Crippen LogP contribution >= 0.6 is 0 Å². The highest BCUT2D eigenvalue weighted by Crippen LogP contribution is 2.35. The van der Waals surface area contributed by atoms with Crippen LogP contribution in [0.25, 0.3) is 0 Å². The second kappa shape index (κ2) is 7.99. The van der Waals surface area contributed by atoms with Crippen LogP contribution in [0.2, 0.25) is 0 Å². The second-order valence-corrected chi connectivity index (χ2v) is 7.88. The number of hydrogen-bond acceptors (Lipinski definition) is 0. The molecule has 0 aliphatic rings. The van der Waals surface area contributed by atoms with E-state index in [0.29, 0.717) is 0 Å². The van der Waals surface area contributed by atoms with Crippen molar-refractivity contribution in [2.24, 2.45) is 0 Å². The van der Waals surface area contributed by atoms with Gasteiger partial charge < -0.3 is 0 Å². The average Bonchev–Trinajstić information content (AvgIpc) is 2.51. The number of benzene rings is 1. The first-order valence-corrected chi connectivity index (χ1v) is 9.03. The molecule has 0 heteroatoms. The van der Waals surface area contributed by atoms with Gasteiger partial charge in [0.1, 0.15) is 0 Å². The molecule has 0 saturated carbocycles. The molecule has 0 unspecified atom stereocenters. The monoisotopic (exact) mass is 300 g/mol. The van der Waals surface area contributed by atoms with E-state index in [1.807, 2.05) is 6.08 Å². The molecule has 0 radical (unpaired) electrons. The Bertz CT molecular complexity index is 477. The molecule has 0 amide bonds. The van der Waals surface area contributed by atoms with Crippen molar-refractivity contribution in [3.8, 4) is 0 Å². The summed E-state index contributed by atoms with van der Waals surface area (Å²) in [6.07, 6.45) is 9.23. The van der Waals surface area contributed by atoms with E-state index in [1.165, 1.54) is 37.7 Å².